The molecule has 2 aromatic rings. The fourth-order valence-electron chi connectivity index (χ4n) is 3.89. The molecule has 1 saturated carbocycles. The predicted molar refractivity (Wildman–Crippen MR) is 113 cm³/mol. The van der Waals surface area contributed by atoms with Gasteiger partial charge in [0.25, 0.3) is 5.56 Å². The van der Waals surface area contributed by atoms with E-state index in [0.29, 0.717) is 27.9 Å². The van der Waals surface area contributed by atoms with E-state index >= 15 is 0 Å². The Morgan fingerprint density at radius 1 is 1.28 bits per heavy atom. The average Bonchev–Trinajstić information content (AvgIpc) is 2.69. The lowest BCUT2D eigenvalue weighted by molar-refractivity contribution is -0.117. The fourth-order valence-corrected chi connectivity index (χ4v) is 4.74. The number of hydrogen-bond donors (Lipinski definition) is 1. The van der Waals surface area contributed by atoms with Gasteiger partial charge in [-0.05, 0) is 37.3 Å². The summed E-state index contributed by atoms with van der Waals surface area (Å²) < 4.78 is 6.50. The van der Waals surface area contributed by atoms with Crippen LogP contribution in [0.25, 0.3) is 10.9 Å². The summed E-state index contributed by atoms with van der Waals surface area (Å²) in [5.74, 6) is 0.335. The Hall–Kier alpha value is -2.35. The summed E-state index contributed by atoms with van der Waals surface area (Å²) in [4.78, 5) is 41.6. The number of benzene rings is 1. The Balaban J connectivity index is 1.93. The number of nitrogens with one attached hydrogen (secondary N) is 1. The molecule has 7 nitrogen and oxygen atoms in total. The van der Waals surface area contributed by atoms with Crippen LogP contribution in [-0.4, -0.2) is 33.9 Å². The number of aromatic nitrogens is 2. The number of ether oxygens (including phenoxy) is 1. The molecule has 0 spiro atoms. The Morgan fingerprint density at radius 2 is 2.03 bits per heavy atom. The van der Waals surface area contributed by atoms with Gasteiger partial charge >= 0.3 is 6.09 Å². The van der Waals surface area contributed by atoms with Crippen molar-refractivity contribution in [1.82, 2.24) is 14.9 Å². The van der Waals surface area contributed by atoms with Gasteiger partial charge in [-0.3, -0.25) is 19.5 Å². The zero-order valence-electron chi connectivity index (χ0n) is 17.0. The van der Waals surface area contributed by atoms with Gasteiger partial charge in [-0.1, -0.05) is 50.6 Å². The van der Waals surface area contributed by atoms with Gasteiger partial charge in [0.1, 0.15) is 0 Å². The van der Waals surface area contributed by atoms with Crippen molar-refractivity contribution in [2.75, 3.05) is 12.4 Å². The van der Waals surface area contributed by atoms with Crippen molar-refractivity contribution in [3.8, 4) is 0 Å². The van der Waals surface area contributed by atoms with Crippen LogP contribution < -0.4 is 10.9 Å². The van der Waals surface area contributed by atoms with Crippen LogP contribution in [0.5, 0.6) is 0 Å². The van der Waals surface area contributed by atoms with Crippen LogP contribution in [0.4, 0.5) is 4.79 Å². The van der Waals surface area contributed by atoms with Crippen molar-refractivity contribution < 1.29 is 14.3 Å². The number of nitrogens with zero attached hydrogens (tertiary/aromatic N) is 2. The van der Waals surface area contributed by atoms with Gasteiger partial charge in [-0.15, -0.1) is 0 Å². The van der Waals surface area contributed by atoms with Gasteiger partial charge in [-0.2, -0.15) is 0 Å². The lowest BCUT2D eigenvalue weighted by atomic mass is 9.78. The highest BCUT2D eigenvalue weighted by atomic mass is 32.2. The first kappa shape index (κ1) is 21.4. The highest BCUT2D eigenvalue weighted by molar-refractivity contribution is 7.99. The number of carbonyl (C=O) groups is 2. The van der Waals surface area contributed by atoms with E-state index in [-0.39, 0.29) is 24.0 Å². The number of alkyl carbamates (subject to hydrolysis) is 1. The van der Waals surface area contributed by atoms with E-state index in [0.717, 1.165) is 19.3 Å². The second kappa shape index (κ2) is 9.43. The molecule has 3 rings (SSSR count). The number of amides is 2. The minimum atomic E-state index is -0.767. The molecule has 156 valence electrons. The van der Waals surface area contributed by atoms with E-state index in [1.807, 2.05) is 12.1 Å². The summed E-state index contributed by atoms with van der Waals surface area (Å²) in [7, 11) is 0. The third kappa shape index (κ3) is 4.80. The molecular formula is C21H27N3O4S. The maximum atomic E-state index is 13.3. The molecule has 1 N–H and O–H groups in total. The first-order valence-electron chi connectivity index (χ1n) is 10.0. The Labute approximate surface area is 174 Å². The highest BCUT2D eigenvalue weighted by Crippen LogP contribution is 2.38. The van der Waals surface area contributed by atoms with Crippen LogP contribution in [-0.2, 0) is 9.53 Å². The number of fused-ring (bicyclic) bond motifs is 1. The van der Waals surface area contributed by atoms with Crippen LogP contribution >= 0.6 is 11.8 Å². The molecule has 29 heavy (non-hydrogen) atoms. The van der Waals surface area contributed by atoms with Gasteiger partial charge in [0.2, 0.25) is 5.91 Å². The third-order valence-electron chi connectivity index (χ3n) is 5.62. The van der Waals surface area contributed by atoms with Crippen LogP contribution in [0.3, 0.4) is 0 Å². The summed E-state index contributed by atoms with van der Waals surface area (Å²) in [6.07, 6.45) is 2.35. The van der Waals surface area contributed by atoms with Gasteiger partial charge in [0, 0.05) is 6.04 Å². The van der Waals surface area contributed by atoms with E-state index in [1.165, 1.54) is 11.8 Å². The molecule has 0 radical (unpaired) electrons. The van der Waals surface area contributed by atoms with E-state index in [2.05, 4.69) is 24.1 Å². The predicted octanol–water partition coefficient (Wildman–Crippen LogP) is 3.76. The molecule has 1 aliphatic carbocycles. The molecule has 1 aromatic heterocycles. The number of rotatable bonds is 5. The summed E-state index contributed by atoms with van der Waals surface area (Å²) in [5, 5.41) is 3.28. The average molecular weight is 418 g/mol. The molecule has 0 unspecified atom stereocenters. The molecule has 0 aliphatic heterocycles. The molecule has 3 atom stereocenters. The molecule has 1 fully saturated rings. The van der Waals surface area contributed by atoms with Gasteiger partial charge < -0.3 is 4.74 Å². The van der Waals surface area contributed by atoms with Crippen LogP contribution in [0.15, 0.2) is 34.2 Å². The number of thioether (sulfide) groups is 1. The monoisotopic (exact) mass is 417 g/mol. The minimum absolute atomic E-state index is 0.0275. The number of carbonyl (C=O) groups excluding carboxylic acids is 2. The molecule has 2 amide bonds. The normalized spacial score (nSPS) is 21.7. The van der Waals surface area contributed by atoms with E-state index < -0.39 is 12.0 Å². The van der Waals surface area contributed by atoms with Gasteiger partial charge in [0.15, 0.2) is 5.16 Å². The minimum Gasteiger partial charge on any atom is -0.450 e. The first-order valence-corrected chi connectivity index (χ1v) is 11.0. The van der Waals surface area contributed by atoms with Crippen molar-refractivity contribution in [3.05, 3.63) is 34.6 Å². The van der Waals surface area contributed by atoms with Crippen molar-refractivity contribution in [2.45, 2.75) is 51.2 Å². The second-order valence-electron chi connectivity index (χ2n) is 7.48. The topological polar surface area (TPSA) is 90.3 Å². The summed E-state index contributed by atoms with van der Waals surface area (Å²) in [6.45, 7) is 6.26. The summed E-state index contributed by atoms with van der Waals surface area (Å²) in [6, 6.07) is 7.31. The lowest BCUT2D eigenvalue weighted by Crippen LogP contribution is -2.36. The van der Waals surface area contributed by atoms with Crippen molar-refractivity contribution in [2.24, 2.45) is 11.8 Å². The van der Waals surface area contributed by atoms with E-state index in [9.17, 15) is 14.4 Å². The fraction of sp³-hybridized carbons (Fsp3) is 0.524. The standard InChI is InChI=1S/C21H27N3O4S/c1-4-28-21(27)23-18(25)12-29-20-22-16-10-6-5-9-15(16)19(26)24(20)17-11-7-8-13(2)14(17)3/h5-6,9-10,13-14,17H,4,7-8,11-12H2,1-3H3,(H,23,25,27)/t13-,14-,17+/m0/s1. The van der Waals surface area contributed by atoms with E-state index in [1.54, 1.807) is 23.6 Å². The molecular weight excluding hydrogens is 390 g/mol. The maximum absolute atomic E-state index is 13.3. The second-order valence-corrected chi connectivity index (χ2v) is 8.42. The molecule has 1 aliphatic rings. The van der Waals surface area contributed by atoms with Crippen molar-refractivity contribution >= 4 is 34.7 Å². The molecule has 1 aromatic carbocycles. The van der Waals surface area contributed by atoms with Crippen molar-refractivity contribution in [3.63, 3.8) is 0 Å². The van der Waals surface area contributed by atoms with Gasteiger partial charge in [0.05, 0.1) is 23.3 Å². The van der Waals surface area contributed by atoms with Crippen LogP contribution in [0.1, 0.15) is 46.1 Å². The van der Waals surface area contributed by atoms with E-state index in [4.69, 9.17) is 4.74 Å². The molecule has 0 bridgehead atoms. The number of hydrogen-bond acceptors (Lipinski definition) is 6. The van der Waals surface area contributed by atoms with Crippen LogP contribution in [0.2, 0.25) is 0 Å². The summed E-state index contributed by atoms with van der Waals surface area (Å²) >= 11 is 1.17. The van der Waals surface area contributed by atoms with Crippen molar-refractivity contribution in [1.29, 1.82) is 0 Å². The largest absolute Gasteiger partial charge is 0.450 e. The highest BCUT2D eigenvalue weighted by Gasteiger charge is 2.31. The lowest BCUT2D eigenvalue weighted by Gasteiger charge is -2.36. The van der Waals surface area contributed by atoms with Gasteiger partial charge in [-0.25, -0.2) is 9.78 Å². The number of para-hydroxylation sites is 1. The molecule has 0 saturated heterocycles. The SMILES string of the molecule is CCOC(=O)NC(=O)CSc1nc2ccccc2c(=O)n1[C@@H]1CCC[C@H](C)[C@@H]1C. The Kier molecular flexibility index (Phi) is 6.95. The smallest absolute Gasteiger partial charge is 0.413 e. The Morgan fingerprint density at radius 3 is 2.79 bits per heavy atom. The zero-order chi connectivity index (χ0) is 21.0. The number of imide groups is 1. The Bertz CT molecular complexity index is 959. The third-order valence-corrected chi connectivity index (χ3v) is 6.57. The first-order chi connectivity index (χ1) is 13.9. The quantitative estimate of drug-likeness (QED) is 0.588. The zero-order valence-corrected chi connectivity index (χ0v) is 17.8. The molecule has 1 heterocycles. The maximum Gasteiger partial charge on any atom is 0.413 e. The summed E-state index contributed by atoms with van der Waals surface area (Å²) in [5.41, 5.74) is 0.536. The molecule has 8 heteroatoms. The van der Waals surface area contributed by atoms with Crippen LogP contribution in [0, 0.1) is 11.8 Å².